The molecule has 1 heterocycles. The van der Waals surface area contributed by atoms with Gasteiger partial charge >= 0.3 is 0 Å². The summed E-state index contributed by atoms with van der Waals surface area (Å²) in [6.45, 7) is 9.11. The molecule has 5 heteroatoms. The lowest BCUT2D eigenvalue weighted by Crippen LogP contribution is -2.42. The fraction of sp³-hybridized carbons (Fsp3) is 0.786. The van der Waals surface area contributed by atoms with E-state index in [4.69, 9.17) is 10.5 Å². The second-order valence-electron chi connectivity index (χ2n) is 5.22. The Hall–Kier alpha value is -0.390. The first-order valence-electron chi connectivity index (χ1n) is 6.99. The van der Waals surface area contributed by atoms with E-state index >= 15 is 0 Å². The average molecular weight is 332 g/mol. The standard InChI is InChI=1S/C14H26BrN3O/c1-6-11-13(15)12(18(5)17-11)8-10(16)14(9(3)4)19-7-2/h9-10,14H,6-8,16H2,1-5H3. The molecule has 2 unspecified atom stereocenters. The zero-order chi connectivity index (χ0) is 14.6. The Morgan fingerprint density at radius 3 is 2.42 bits per heavy atom. The molecular weight excluding hydrogens is 306 g/mol. The van der Waals surface area contributed by atoms with E-state index in [9.17, 15) is 0 Å². The first kappa shape index (κ1) is 16.7. The van der Waals surface area contributed by atoms with Gasteiger partial charge in [0.2, 0.25) is 0 Å². The number of hydrogen-bond acceptors (Lipinski definition) is 3. The minimum atomic E-state index is -0.0173. The summed E-state index contributed by atoms with van der Waals surface area (Å²) in [5.41, 5.74) is 8.57. The molecule has 0 fully saturated rings. The van der Waals surface area contributed by atoms with Crippen molar-refractivity contribution >= 4 is 15.9 Å². The number of rotatable bonds is 7. The summed E-state index contributed by atoms with van der Waals surface area (Å²) in [6, 6.07) is -0.0173. The fourth-order valence-corrected chi connectivity index (χ4v) is 3.16. The fourth-order valence-electron chi connectivity index (χ4n) is 2.38. The number of ether oxygens (including phenoxy) is 1. The zero-order valence-electron chi connectivity index (χ0n) is 12.6. The van der Waals surface area contributed by atoms with Gasteiger partial charge in [-0.05, 0) is 35.2 Å². The summed E-state index contributed by atoms with van der Waals surface area (Å²) in [6.07, 6.45) is 1.77. The Labute approximate surface area is 124 Å². The van der Waals surface area contributed by atoms with E-state index in [2.05, 4.69) is 41.8 Å². The summed E-state index contributed by atoms with van der Waals surface area (Å²) in [4.78, 5) is 0. The average Bonchev–Trinajstić information content (AvgIpc) is 2.62. The Kier molecular flexibility index (Phi) is 6.50. The number of hydrogen-bond donors (Lipinski definition) is 1. The lowest BCUT2D eigenvalue weighted by Gasteiger charge is -2.27. The van der Waals surface area contributed by atoms with Crippen LogP contribution in [0.2, 0.25) is 0 Å². The molecule has 0 saturated heterocycles. The van der Waals surface area contributed by atoms with E-state index in [0.717, 1.165) is 28.7 Å². The van der Waals surface area contributed by atoms with E-state index in [1.165, 1.54) is 0 Å². The Morgan fingerprint density at radius 1 is 1.37 bits per heavy atom. The van der Waals surface area contributed by atoms with Gasteiger partial charge in [0.25, 0.3) is 0 Å². The van der Waals surface area contributed by atoms with Gasteiger partial charge in [0.05, 0.1) is 22.0 Å². The van der Waals surface area contributed by atoms with Gasteiger partial charge in [0.1, 0.15) is 0 Å². The number of nitrogens with zero attached hydrogens (tertiary/aromatic N) is 2. The van der Waals surface area contributed by atoms with E-state index in [0.29, 0.717) is 12.5 Å². The summed E-state index contributed by atoms with van der Waals surface area (Å²) >= 11 is 3.64. The van der Waals surface area contributed by atoms with Gasteiger partial charge in [-0.3, -0.25) is 4.68 Å². The Bertz CT molecular complexity index is 404. The highest BCUT2D eigenvalue weighted by Crippen LogP contribution is 2.24. The lowest BCUT2D eigenvalue weighted by molar-refractivity contribution is 0.0124. The summed E-state index contributed by atoms with van der Waals surface area (Å²) in [7, 11) is 1.97. The number of aromatic nitrogens is 2. The van der Waals surface area contributed by atoms with Crippen molar-refractivity contribution in [2.24, 2.45) is 18.7 Å². The molecule has 1 aromatic heterocycles. The van der Waals surface area contributed by atoms with Crippen molar-refractivity contribution in [3.8, 4) is 0 Å². The Morgan fingerprint density at radius 2 is 2.00 bits per heavy atom. The molecule has 2 N–H and O–H groups in total. The van der Waals surface area contributed by atoms with E-state index in [-0.39, 0.29) is 12.1 Å². The van der Waals surface area contributed by atoms with Crippen molar-refractivity contribution in [2.45, 2.75) is 52.7 Å². The molecule has 0 aliphatic carbocycles. The molecule has 0 radical (unpaired) electrons. The van der Waals surface area contributed by atoms with Crippen LogP contribution in [0.5, 0.6) is 0 Å². The van der Waals surface area contributed by atoms with Crippen molar-refractivity contribution in [1.29, 1.82) is 0 Å². The molecule has 0 aliphatic heterocycles. The SMILES string of the molecule is CCOC(C(C)C)C(N)Cc1c(Br)c(CC)nn1C. The molecule has 0 aliphatic rings. The number of aryl methyl sites for hydroxylation is 2. The maximum atomic E-state index is 6.34. The van der Waals surface area contributed by atoms with E-state index in [1.54, 1.807) is 0 Å². The maximum Gasteiger partial charge on any atom is 0.0766 e. The lowest BCUT2D eigenvalue weighted by atomic mass is 9.96. The predicted molar refractivity (Wildman–Crippen MR) is 82.2 cm³/mol. The minimum Gasteiger partial charge on any atom is -0.377 e. The summed E-state index contributed by atoms with van der Waals surface area (Å²) < 4.78 is 8.79. The predicted octanol–water partition coefficient (Wildman–Crippen LogP) is 2.68. The molecule has 1 aromatic rings. The molecule has 0 amide bonds. The second-order valence-corrected chi connectivity index (χ2v) is 6.01. The first-order valence-corrected chi connectivity index (χ1v) is 7.79. The van der Waals surface area contributed by atoms with E-state index < -0.39 is 0 Å². The molecule has 0 aromatic carbocycles. The first-order chi connectivity index (χ1) is 8.92. The van der Waals surface area contributed by atoms with Crippen LogP contribution in [-0.2, 0) is 24.6 Å². The van der Waals surface area contributed by atoms with Crippen LogP contribution in [0.15, 0.2) is 4.47 Å². The maximum absolute atomic E-state index is 6.34. The van der Waals surface area contributed by atoms with Crippen LogP contribution >= 0.6 is 15.9 Å². The van der Waals surface area contributed by atoms with Gasteiger partial charge in [0.15, 0.2) is 0 Å². The quantitative estimate of drug-likeness (QED) is 0.835. The smallest absolute Gasteiger partial charge is 0.0766 e. The van der Waals surface area contributed by atoms with Crippen LogP contribution in [0.4, 0.5) is 0 Å². The summed E-state index contributed by atoms with van der Waals surface area (Å²) in [5, 5.41) is 4.51. The highest BCUT2D eigenvalue weighted by molar-refractivity contribution is 9.10. The highest BCUT2D eigenvalue weighted by Gasteiger charge is 2.24. The highest BCUT2D eigenvalue weighted by atomic mass is 79.9. The van der Waals surface area contributed by atoms with Crippen LogP contribution < -0.4 is 5.73 Å². The second kappa shape index (κ2) is 7.41. The van der Waals surface area contributed by atoms with Gasteiger partial charge in [-0.2, -0.15) is 5.10 Å². The topological polar surface area (TPSA) is 53.1 Å². The molecule has 4 nitrogen and oxygen atoms in total. The number of nitrogens with two attached hydrogens (primary N) is 1. The molecule has 0 bridgehead atoms. The van der Waals surface area contributed by atoms with Crippen LogP contribution in [0.1, 0.15) is 39.1 Å². The molecule has 110 valence electrons. The van der Waals surface area contributed by atoms with Gasteiger partial charge in [-0.15, -0.1) is 0 Å². The van der Waals surface area contributed by atoms with Gasteiger partial charge in [-0.25, -0.2) is 0 Å². The molecule has 2 atom stereocenters. The third-order valence-corrected chi connectivity index (χ3v) is 4.29. The minimum absolute atomic E-state index is 0.0173. The van der Waals surface area contributed by atoms with Crippen LogP contribution in [0.25, 0.3) is 0 Å². The van der Waals surface area contributed by atoms with Gasteiger partial charge in [0, 0.05) is 26.1 Å². The monoisotopic (exact) mass is 331 g/mol. The third-order valence-electron chi connectivity index (χ3n) is 3.37. The molecule has 0 spiro atoms. The Balaban J connectivity index is 2.86. The van der Waals surface area contributed by atoms with Crippen molar-refractivity contribution < 1.29 is 4.74 Å². The third kappa shape index (κ3) is 4.04. The van der Waals surface area contributed by atoms with Crippen molar-refractivity contribution in [1.82, 2.24) is 9.78 Å². The van der Waals surface area contributed by atoms with Crippen molar-refractivity contribution in [3.63, 3.8) is 0 Å². The molecule has 19 heavy (non-hydrogen) atoms. The zero-order valence-corrected chi connectivity index (χ0v) is 14.2. The molecule has 1 rings (SSSR count). The van der Waals surface area contributed by atoms with Crippen molar-refractivity contribution in [2.75, 3.05) is 6.61 Å². The van der Waals surface area contributed by atoms with Crippen LogP contribution in [0.3, 0.4) is 0 Å². The molecule has 0 saturated carbocycles. The van der Waals surface area contributed by atoms with Crippen LogP contribution in [0, 0.1) is 5.92 Å². The number of halogens is 1. The van der Waals surface area contributed by atoms with Crippen LogP contribution in [-0.4, -0.2) is 28.5 Å². The normalized spacial score (nSPS) is 14.9. The van der Waals surface area contributed by atoms with E-state index in [1.807, 2.05) is 18.7 Å². The summed E-state index contributed by atoms with van der Waals surface area (Å²) in [5.74, 6) is 0.410. The largest absolute Gasteiger partial charge is 0.377 e. The van der Waals surface area contributed by atoms with Gasteiger partial charge < -0.3 is 10.5 Å². The van der Waals surface area contributed by atoms with Gasteiger partial charge in [-0.1, -0.05) is 20.8 Å². The van der Waals surface area contributed by atoms with Crippen molar-refractivity contribution in [3.05, 3.63) is 15.9 Å². The molecular formula is C14H26BrN3O.